The number of carbonyl (C=O) groups is 1. The van der Waals surface area contributed by atoms with E-state index in [9.17, 15) is 17.6 Å². The third kappa shape index (κ3) is 4.20. The molecule has 2 rings (SSSR count). The Hall–Kier alpha value is -2.45. The van der Waals surface area contributed by atoms with Crippen molar-refractivity contribution in [2.24, 2.45) is 0 Å². The summed E-state index contributed by atoms with van der Waals surface area (Å²) in [7, 11) is -2.22. The van der Waals surface area contributed by atoms with E-state index in [0.29, 0.717) is 18.8 Å². The van der Waals surface area contributed by atoms with Crippen LogP contribution >= 0.6 is 0 Å². The molecule has 0 atom stereocenters. The van der Waals surface area contributed by atoms with Crippen LogP contribution in [-0.2, 0) is 10.0 Å². The van der Waals surface area contributed by atoms with Crippen LogP contribution in [0, 0.1) is 5.82 Å². The molecule has 0 aliphatic rings. The summed E-state index contributed by atoms with van der Waals surface area (Å²) in [5, 5.41) is 2.60. The quantitative estimate of drug-likeness (QED) is 0.801. The number of amides is 1. The minimum absolute atomic E-state index is 0.0486. The molecule has 0 saturated carbocycles. The fourth-order valence-electron chi connectivity index (χ4n) is 2.43. The first kappa shape index (κ1) is 19.9. The molecule has 0 aromatic heterocycles. The largest absolute Gasteiger partial charge is 0.494 e. The Morgan fingerprint density at radius 1 is 1.12 bits per heavy atom. The maximum atomic E-state index is 13.7. The van der Waals surface area contributed by atoms with E-state index in [1.165, 1.54) is 47.8 Å². The third-order valence-corrected chi connectivity index (χ3v) is 5.93. The lowest BCUT2D eigenvalue weighted by Crippen LogP contribution is -2.30. The van der Waals surface area contributed by atoms with Crippen molar-refractivity contribution in [1.82, 2.24) is 4.31 Å². The molecule has 1 amide bonds. The molecule has 140 valence electrons. The van der Waals surface area contributed by atoms with Crippen LogP contribution in [0.15, 0.2) is 47.4 Å². The first-order valence-corrected chi connectivity index (χ1v) is 9.52. The second-order valence-electron chi connectivity index (χ2n) is 5.42. The molecule has 26 heavy (non-hydrogen) atoms. The number of hydrogen-bond donors (Lipinski definition) is 1. The van der Waals surface area contributed by atoms with Gasteiger partial charge in [-0.3, -0.25) is 4.79 Å². The first-order valence-electron chi connectivity index (χ1n) is 8.08. The van der Waals surface area contributed by atoms with Gasteiger partial charge in [-0.05, 0) is 42.5 Å². The summed E-state index contributed by atoms with van der Waals surface area (Å²) >= 11 is 0. The summed E-state index contributed by atoms with van der Waals surface area (Å²) < 4.78 is 44.7. The van der Waals surface area contributed by atoms with Gasteiger partial charge in [-0.25, -0.2) is 12.8 Å². The van der Waals surface area contributed by atoms with Gasteiger partial charge >= 0.3 is 0 Å². The van der Waals surface area contributed by atoms with Crippen LogP contribution in [-0.4, -0.2) is 38.8 Å². The van der Waals surface area contributed by atoms with E-state index >= 15 is 0 Å². The second-order valence-corrected chi connectivity index (χ2v) is 7.36. The molecule has 0 aliphatic heterocycles. The van der Waals surface area contributed by atoms with E-state index in [4.69, 9.17) is 4.74 Å². The Morgan fingerprint density at radius 2 is 1.73 bits per heavy atom. The number of anilines is 1. The maximum Gasteiger partial charge on any atom is 0.255 e. The highest BCUT2D eigenvalue weighted by Crippen LogP contribution is 2.21. The van der Waals surface area contributed by atoms with Crippen LogP contribution in [0.1, 0.15) is 24.2 Å². The van der Waals surface area contributed by atoms with E-state index in [1.54, 1.807) is 13.8 Å². The molecule has 2 aromatic carbocycles. The predicted molar refractivity (Wildman–Crippen MR) is 97.5 cm³/mol. The summed E-state index contributed by atoms with van der Waals surface area (Å²) in [5.41, 5.74) is 0.535. The van der Waals surface area contributed by atoms with Gasteiger partial charge in [0, 0.05) is 24.3 Å². The molecule has 0 bridgehead atoms. The molecule has 0 saturated heterocycles. The molecule has 0 aliphatic carbocycles. The average molecular weight is 380 g/mol. The molecule has 0 radical (unpaired) electrons. The minimum Gasteiger partial charge on any atom is -0.494 e. The van der Waals surface area contributed by atoms with Gasteiger partial charge in [-0.1, -0.05) is 13.8 Å². The van der Waals surface area contributed by atoms with Crippen LogP contribution in [0.4, 0.5) is 10.1 Å². The number of hydrogen-bond acceptors (Lipinski definition) is 4. The molecule has 2 aromatic rings. The van der Waals surface area contributed by atoms with Crippen LogP contribution in [0.2, 0.25) is 0 Å². The molecule has 8 heteroatoms. The van der Waals surface area contributed by atoms with E-state index in [-0.39, 0.29) is 16.2 Å². The van der Waals surface area contributed by atoms with Gasteiger partial charge in [0.1, 0.15) is 0 Å². The highest BCUT2D eigenvalue weighted by molar-refractivity contribution is 7.89. The van der Waals surface area contributed by atoms with Crippen LogP contribution in [0.25, 0.3) is 0 Å². The summed E-state index contributed by atoms with van der Waals surface area (Å²) in [6, 6.07) is 9.73. The predicted octanol–water partition coefficient (Wildman–Crippen LogP) is 3.12. The Morgan fingerprint density at radius 3 is 2.23 bits per heavy atom. The average Bonchev–Trinajstić information content (AvgIpc) is 2.62. The Balaban J connectivity index is 2.16. The normalized spacial score (nSPS) is 11.4. The molecular weight excluding hydrogens is 359 g/mol. The molecule has 0 fully saturated rings. The number of carbonyl (C=O) groups excluding carboxylic acids is 1. The number of ether oxygens (including phenoxy) is 1. The number of halogens is 1. The number of nitrogens with one attached hydrogen (secondary N) is 1. The van der Waals surface area contributed by atoms with E-state index in [2.05, 4.69) is 5.32 Å². The lowest BCUT2D eigenvalue weighted by atomic mass is 10.2. The van der Waals surface area contributed by atoms with Crippen LogP contribution in [0.3, 0.4) is 0 Å². The highest BCUT2D eigenvalue weighted by Gasteiger charge is 2.21. The van der Waals surface area contributed by atoms with E-state index in [0.717, 1.165) is 6.07 Å². The monoisotopic (exact) mass is 380 g/mol. The van der Waals surface area contributed by atoms with Gasteiger partial charge in [0.2, 0.25) is 10.0 Å². The van der Waals surface area contributed by atoms with Crippen molar-refractivity contribution in [2.75, 3.05) is 25.5 Å². The fraction of sp³-hybridized carbons (Fsp3) is 0.278. The number of nitrogens with zero attached hydrogens (tertiary/aromatic N) is 1. The standard InChI is InChI=1S/C18H21FN2O4S/c1-4-21(5-2)26(23,24)15-9-7-14(8-10-15)20-18(22)13-6-11-17(25-3)16(19)12-13/h6-12H,4-5H2,1-3H3,(H,20,22). The topological polar surface area (TPSA) is 75.7 Å². The van der Waals surface area contributed by atoms with Crippen molar-refractivity contribution in [2.45, 2.75) is 18.7 Å². The van der Waals surface area contributed by atoms with Crippen molar-refractivity contribution >= 4 is 21.6 Å². The van der Waals surface area contributed by atoms with Crippen LogP contribution < -0.4 is 10.1 Å². The van der Waals surface area contributed by atoms with Gasteiger partial charge in [0.25, 0.3) is 5.91 Å². The Labute approximate surface area is 152 Å². The van der Waals surface area contributed by atoms with Gasteiger partial charge in [-0.15, -0.1) is 0 Å². The maximum absolute atomic E-state index is 13.7. The second kappa shape index (κ2) is 8.29. The summed E-state index contributed by atoms with van der Waals surface area (Å²) in [4.78, 5) is 12.4. The lowest BCUT2D eigenvalue weighted by Gasteiger charge is -2.18. The summed E-state index contributed by atoms with van der Waals surface area (Å²) in [6.45, 7) is 4.29. The van der Waals surface area contributed by atoms with Crippen molar-refractivity contribution in [3.63, 3.8) is 0 Å². The van der Waals surface area contributed by atoms with Gasteiger partial charge in [0.15, 0.2) is 11.6 Å². The number of rotatable bonds is 7. The summed E-state index contributed by atoms with van der Waals surface area (Å²) in [5.74, 6) is -1.10. The van der Waals surface area contributed by atoms with E-state index < -0.39 is 21.7 Å². The SMILES string of the molecule is CCN(CC)S(=O)(=O)c1ccc(NC(=O)c2ccc(OC)c(F)c2)cc1. The Kier molecular flexibility index (Phi) is 6.33. The number of methoxy groups -OCH3 is 1. The molecule has 0 unspecified atom stereocenters. The smallest absolute Gasteiger partial charge is 0.255 e. The number of sulfonamides is 1. The van der Waals surface area contributed by atoms with Gasteiger partial charge in [-0.2, -0.15) is 4.31 Å². The van der Waals surface area contributed by atoms with Crippen molar-refractivity contribution in [3.8, 4) is 5.75 Å². The first-order chi connectivity index (χ1) is 12.3. The molecular formula is C18H21FN2O4S. The van der Waals surface area contributed by atoms with Crippen molar-refractivity contribution < 1.29 is 22.3 Å². The van der Waals surface area contributed by atoms with Gasteiger partial charge < -0.3 is 10.1 Å². The van der Waals surface area contributed by atoms with Gasteiger partial charge in [0.05, 0.1) is 12.0 Å². The fourth-order valence-corrected chi connectivity index (χ4v) is 3.89. The molecule has 0 heterocycles. The molecule has 1 N–H and O–H groups in total. The third-order valence-electron chi connectivity index (χ3n) is 3.87. The zero-order chi connectivity index (χ0) is 19.3. The van der Waals surface area contributed by atoms with Crippen LogP contribution in [0.5, 0.6) is 5.75 Å². The zero-order valence-electron chi connectivity index (χ0n) is 14.8. The minimum atomic E-state index is -3.55. The number of benzene rings is 2. The summed E-state index contributed by atoms with van der Waals surface area (Å²) in [6.07, 6.45) is 0. The van der Waals surface area contributed by atoms with E-state index in [1.807, 2.05) is 0 Å². The molecule has 6 nitrogen and oxygen atoms in total. The van der Waals surface area contributed by atoms with Crippen molar-refractivity contribution in [3.05, 3.63) is 53.8 Å². The van der Waals surface area contributed by atoms with Crippen molar-refractivity contribution in [1.29, 1.82) is 0 Å². The highest BCUT2D eigenvalue weighted by atomic mass is 32.2. The Bertz CT molecular complexity index is 879. The zero-order valence-corrected chi connectivity index (χ0v) is 15.6. The molecule has 0 spiro atoms. The lowest BCUT2D eigenvalue weighted by molar-refractivity contribution is 0.102.